The molecule has 0 aliphatic carbocycles. The van der Waals surface area contributed by atoms with Gasteiger partial charge >= 0.3 is 0 Å². The zero-order valence-electron chi connectivity index (χ0n) is 21.2. The van der Waals surface area contributed by atoms with Gasteiger partial charge in [0, 0.05) is 11.8 Å². The quantitative estimate of drug-likeness (QED) is 0.357. The van der Waals surface area contributed by atoms with Gasteiger partial charge in [-0.15, -0.1) is 0 Å². The molecule has 0 saturated carbocycles. The minimum Gasteiger partial charge on any atom is -0.497 e. The van der Waals surface area contributed by atoms with E-state index in [-0.39, 0.29) is 5.91 Å². The maximum Gasteiger partial charge on any atom is 0.255 e. The van der Waals surface area contributed by atoms with E-state index in [0.29, 0.717) is 41.0 Å². The zero-order valence-corrected chi connectivity index (χ0v) is 21.2. The van der Waals surface area contributed by atoms with E-state index in [1.807, 2.05) is 31.2 Å². The van der Waals surface area contributed by atoms with E-state index in [2.05, 4.69) is 27.6 Å². The molecule has 9 heteroatoms. The number of fused-ring (bicyclic) bond motifs is 1. The van der Waals surface area contributed by atoms with Crippen molar-refractivity contribution in [1.29, 1.82) is 0 Å². The molecule has 2 heterocycles. The summed E-state index contributed by atoms with van der Waals surface area (Å²) in [7, 11) is 3.13. The lowest BCUT2D eigenvalue weighted by Gasteiger charge is -2.29. The maximum absolute atomic E-state index is 13.6. The normalized spacial score (nSPS) is 14.6. The number of ether oxygens (including phenoxy) is 3. The second-order valence-corrected chi connectivity index (χ2v) is 8.59. The van der Waals surface area contributed by atoms with Crippen molar-refractivity contribution in [2.45, 2.75) is 45.6 Å². The van der Waals surface area contributed by atoms with Crippen molar-refractivity contribution in [3.05, 3.63) is 65.6 Å². The number of anilines is 2. The smallest absolute Gasteiger partial charge is 0.255 e. The molecule has 1 aromatic heterocycles. The number of amides is 1. The Labute approximate surface area is 211 Å². The van der Waals surface area contributed by atoms with Crippen molar-refractivity contribution < 1.29 is 19.0 Å². The van der Waals surface area contributed by atoms with Crippen LogP contribution in [0.2, 0.25) is 0 Å². The predicted molar refractivity (Wildman–Crippen MR) is 139 cm³/mol. The molecule has 0 saturated heterocycles. The summed E-state index contributed by atoms with van der Waals surface area (Å²) in [6.07, 6.45) is 6.10. The number of methoxy groups -OCH3 is 2. The summed E-state index contributed by atoms with van der Waals surface area (Å²) in [6, 6.07) is 12.6. The van der Waals surface area contributed by atoms with Crippen molar-refractivity contribution in [2.75, 3.05) is 31.5 Å². The maximum atomic E-state index is 13.6. The summed E-state index contributed by atoms with van der Waals surface area (Å²) in [5, 5.41) is 10.6. The number of allylic oxidation sites excluding steroid dienone is 1. The Morgan fingerprint density at radius 3 is 2.56 bits per heavy atom. The Morgan fingerprint density at radius 1 is 1.06 bits per heavy atom. The van der Waals surface area contributed by atoms with Gasteiger partial charge in [0.2, 0.25) is 5.95 Å². The second kappa shape index (κ2) is 11.6. The zero-order chi connectivity index (χ0) is 25.5. The van der Waals surface area contributed by atoms with E-state index >= 15 is 0 Å². The van der Waals surface area contributed by atoms with Gasteiger partial charge in [0.05, 0.1) is 32.1 Å². The molecule has 190 valence electrons. The molecule has 1 amide bonds. The number of rotatable bonds is 11. The van der Waals surface area contributed by atoms with Crippen molar-refractivity contribution in [1.82, 2.24) is 14.8 Å². The van der Waals surface area contributed by atoms with E-state index in [1.165, 1.54) is 25.6 Å². The van der Waals surface area contributed by atoms with Gasteiger partial charge in [0.15, 0.2) is 0 Å². The van der Waals surface area contributed by atoms with Crippen LogP contribution >= 0.6 is 0 Å². The summed E-state index contributed by atoms with van der Waals surface area (Å²) in [5.74, 6) is 2.25. The Kier molecular flexibility index (Phi) is 8.10. The molecule has 1 aliphatic rings. The standard InChI is InChI=1S/C27H33N5O4/c1-5-6-7-8-15-36-20-11-9-19(10-12-20)25-24(18(2)30-27-28-17-29-32(25)27)26(33)31-22-14-13-21(34-3)16-23(22)35-4/h9-14,16-17,25H,5-8,15H2,1-4H3,(H,31,33)(H,28,29,30)/t25-/m1/s1. The van der Waals surface area contributed by atoms with Crippen LogP contribution in [-0.4, -0.2) is 41.5 Å². The van der Waals surface area contributed by atoms with Crippen LogP contribution < -0.4 is 24.8 Å². The summed E-state index contributed by atoms with van der Waals surface area (Å²) in [6.45, 7) is 4.74. The molecule has 2 N–H and O–H groups in total. The minimum absolute atomic E-state index is 0.272. The minimum atomic E-state index is -0.466. The molecule has 0 spiro atoms. The first-order valence-electron chi connectivity index (χ1n) is 12.2. The van der Waals surface area contributed by atoms with Crippen molar-refractivity contribution in [3.63, 3.8) is 0 Å². The number of aromatic nitrogens is 3. The third-order valence-electron chi connectivity index (χ3n) is 6.16. The topological polar surface area (TPSA) is 99.5 Å². The molecule has 1 aliphatic heterocycles. The average molecular weight is 492 g/mol. The number of nitrogens with one attached hydrogen (secondary N) is 2. The number of hydrogen-bond acceptors (Lipinski definition) is 7. The third kappa shape index (κ3) is 5.45. The fourth-order valence-corrected chi connectivity index (χ4v) is 4.25. The molecule has 1 atom stereocenters. The molecule has 36 heavy (non-hydrogen) atoms. The molecule has 0 bridgehead atoms. The first-order chi connectivity index (χ1) is 17.5. The van der Waals surface area contributed by atoms with Gasteiger partial charge in [-0.25, -0.2) is 4.68 Å². The highest BCUT2D eigenvalue weighted by molar-refractivity contribution is 6.06. The van der Waals surface area contributed by atoms with E-state index < -0.39 is 6.04 Å². The van der Waals surface area contributed by atoms with E-state index in [9.17, 15) is 4.79 Å². The monoisotopic (exact) mass is 491 g/mol. The van der Waals surface area contributed by atoms with Crippen LogP contribution in [0.3, 0.4) is 0 Å². The fraction of sp³-hybridized carbons (Fsp3) is 0.370. The lowest BCUT2D eigenvalue weighted by molar-refractivity contribution is -0.113. The number of carbonyl (C=O) groups is 1. The Morgan fingerprint density at radius 2 is 1.83 bits per heavy atom. The van der Waals surface area contributed by atoms with Gasteiger partial charge < -0.3 is 24.8 Å². The van der Waals surface area contributed by atoms with E-state index in [4.69, 9.17) is 14.2 Å². The molecule has 0 fully saturated rings. The summed E-state index contributed by atoms with van der Waals surface area (Å²) < 4.78 is 18.3. The van der Waals surface area contributed by atoms with Crippen LogP contribution in [0.4, 0.5) is 11.6 Å². The Hall–Kier alpha value is -4.01. The average Bonchev–Trinajstić information content (AvgIpc) is 3.36. The molecule has 4 rings (SSSR count). The van der Waals surface area contributed by atoms with E-state index in [0.717, 1.165) is 17.7 Å². The van der Waals surface area contributed by atoms with Crippen molar-refractivity contribution >= 4 is 17.5 Å². The van der Waals surface area contributed by atoms with Crippen LogP contribution in [0.5, 0.6) is 17.2 Å². The molecule has 3 aromatic rings. The number of carbonyl (C=O) groups excluding carboxylic acids is 1. The van der Waals surface area contributed by atoms with Crippen LogP contribution in [0, 0.1) is 0 Å². The highest BCUT2D eigenvalue weighted by Gasteiger charge is 2.33. The number of hydrogen-bond donors (Lipinski definition) is 2. The lowest BCUT2D eigenvalue weighted by atomic mass is 9.95. The van der Waals surface area contributed by atoms with Crippen molar-refractivity contribution in [3.8, 4) is 17.2 Å². The second-order valence-electron chi connectivity index (χ2n) is 8.59. The lowest BCUT2D eigenvalue weighted by Crippen LogP contribution is -2.31. The Bertz CT molecular complexity index is 1220. The van der Waals surface area contributed by atoms with Crippen LogP contribution in [0.15, 0.2) is 60.1 Å². The molecule has 0 radical (unpaired) electrons. The molecular weight excluding hydrogens is 458 g/mol. The van der Waals surface area contributed by atoms with Gasteiger partial charge in [-0.2, -0.15) is 10.1 Å². The molecule has 2 aromatic carbocycles. The van der Waals surface area contributed by atoms with E-state index in [1.54, 1.807) is 37.1 Å². The van der Waals surface area contributed by atoms with Gasteiger partial charge in [0.25, 0.3) is 5.91 Å². The SMILES string of the molecule is CCCCCCOc1ccc([C@@H]2C(C(=O)Nc3ccc(OC)cc3OC)=C(C)Nc3ncnn32)cc1. The van der Waals surface area contributed by atoms with Crippen LogP contribution in [0.1, 0.15) is 51.1 Å². The van der Waals surface area contributed by atoms with Gasteiger partial charge in [-0.1, -0.05) is 38.3 Å². The number of nitrogens with zero attached hydrogens (tertiary/aromatic N) is 3. The first kappa shape index (κ1) is 25.1. The largest absolute Gasteiger partial charge is 0.497 e. The first-order valence-corrected chi connectivity index (χ1v) is 12.2. The summed E-state index contributed by atoms with van der Waals surface area (Å²) in [5.41, 5.74) is 2.66. The van der Waals surface area contributed by atoms with Crippen molar-refractivity contribution in [2.24, 2.45) is 0 Å². The Balaban J connectivity index is 1.59. The number of unbranched alkanes of at least 4 members (excludes halogenated alkanes) is 3. The molecule has 9 nitrogen and oxygen atoms in total. The fourth-order valence-electron chi connectivity index (χ4n) is 4.25. The summed E-state index contributed by atoms with van der Waals surface area (Å²) >= 11 is 0. The number of benzene rings is 2. The molecular formula is C27H33N5O4. The molecule has 0 unspecified atom stereocenters. The summed E-state index contributed by atoms with van der Waals surface area (Å²) in [4.78, 5) is 17.9. The van der Waals surface area contributed by atoms with Gasteiger partial charge in [-0.05, 0) is 43.2 Å². The van der Waals surface area contributed by atoms with Crippen LogP contribution in [-0.2, 0) is 4.79 Å². The van der Waals surface area contributed by atoms with Gasteiger partial charge in [-0.3, -0.25) is 4.79 Å². The highest BCUT2D eigenvalue weighted by Crippen LogP contribution is 2.37. The van der Waals surface area contributed by atoms with Gasteiger partial charge in [0.1, 0.15) is 29.6 Å². The van der Waals surface area contributed by atoms with Crippen LogP contribution in [0.25, 0.3) is 0 Å². The highest BCUT2D eigenvalue weighted by atomic mass is 16.5. The predicted octanol–water partition coefficient (Wildman–Crippen LogP) is 5.18. The third-order valence-corrected chi connectivity index (χ3v) is 6.16.